The van der Waals surface area contributed by atoms with E-state index in [-0.39, 0.29) is 0 Å². The Bertz CT molecular complexity index is 700. The van der Waals surface area contributed by atoms with E-state index < -0.39 is 0 Å². The van der Waals surface area contributed by atoms with Crippen LogP contribution in [0.5, 0.6) is 0 Å². The first-order valence-electron chi connectivity index (χ1n) is 6.67. The van der Waals surface area contributed by atoms with E-state index in [4.69, 9.17) is 5.73 Å². The summed E-state index contributed by atoms with van der Waals surface area (Å²) in [5, 5.41) is 9.33. The maximum atomic E-state index is 9.33. The zero-order valence-electron chi connectivity index (χ0n) is 11.4. The second kappa shape index (κ2) is 4.86. The van der Waals surface area contributed by atoms with Crippen LogP contribution in [0.4, 0.5) is 11.5 Å². The summed E-state index contributed by atoms with van der Waals surface area (Å²) >= 11 is 0. The second-order valence-corrected chi connectivity index (χ2v) is 5.09. The molecule has 0 atom stereocenters. The summed E-state index contributed by atoms with van der Waals surface area (Å²) in [5.74, 6) is 0.778. The molecule has 3 rings (SSSR count). The minimum Gasteiger partial charge on any atom is -0.398 e. The maximum absolute atomic E-state index is 9.33. The van der Waals surface area contributed by atoms with Crippen molar-refractivity contribution in [2.45, 2.75) is 19.9 Å². The van der Waals surface area contributed by atoms with Crippen molar-refractivity contribution in [3.8, 4) is 6.07 Å². The van der Waals surface area contributed by atoms with Gasteiger partial charge in [0.15, 0.2) is 0 Å². The molecule has 1 aliphatic rings. The van der Waals surface area contributed by atoms with E-state index in [9.17, 15) is 5.26 Å². The fourth-order valence-electron chi connectivity index (χ4n) is 2.74. The Morgan fingerprint density at radius 2 is 2.20 bits per heavy atom. The van der Waals surface area contributed by atoms with Gasteiger partial charge in [-0.1, -0.05) is 12.1 Å². The van der Waals surface area contributed by atoms with E-state index in [2.05, 4.69) is 22.0 Å². The number of benzene rings is 1. The molecule has 20 heavy (non-hydrogen) atoms. The SMILES string of the molecule is Cc1ccnc(N2CCc3c(N)cccc3C2)c1C#N. The van der Waals surface area contributed by atoms with Gasteiger partial charge in [0.05, 0.1) is 5.56 Å². The van der Waals surface area contributed by atoms with Crippen LogP contribution in [0.15, 0.2) is 30.5 Å². The molecule has 0 bridgehead atoms. The first-order valence-corrected chi connectivity index (χ1v) is 6.67. The Balaban J connectivity index is 1.99. The summed E-state index contributed by atoms with van der Waals surface area (Å²) in [7, 11) is 0. The molecule has 1 aromatic carbocycles. The largest absolute Gasteiger partial charge is 0.398 e. The van der Waals surface area contributed by atoms with Crippen molar-refractivity contribution in [1.29, 1.82) is 5.26 Å². The van der Waals surface area contributed by atoms with Gasteiger partial charge >= 0.3 is 0 Å². The van der Waals surface area contributed by atoms with Crippen molar-refractivity contribution in [1.82, 2.24) is 4.98 Å². The van der Waals surface area contributed by atoms with Crippen molar-refractivity contribution in [2.75, 3.05) is 17.2 Å². The van der Waals surface area contributed by atoms with E-state index in [1.54, 1.807) is 6.20 Å². The highest BCUT2D eigenvalue weighted by molar-refractivity contribution is 5.60. The van der Waals surface area contributed by atoms with Crippen LogP contribution >= 0.6 is 0 Å². The van der Waals surface area contributed by atoms with E-state index in [0.29, 0.717) is 5.56 Å². The van der Waals surface area contributed by atoms with Gasteiger partial charge in [-0.3, -0.25) is 0 Å². The van der Waals surface area contributed by atoms with Crippen LogP contribution in [-0.4, -0.2) is 11.5 Å². The summed E-state index contributed by atoms with van der Waals surface area (Å²) in [6, 6.07) is 10.2. The average molecular weight is 264 g/mol. The fourth-order valence-corrected chi connectivity index (χ4v) is 2.74. The van der Waals surface area contributed by atoms with Crippen LogP contribution in [0, 0.1) is 18.3 Å². The van der Waals surface area contributed by atoms with E-state index in [0.717, 1.165) is 36.6 Å². The van der Waals surface area contributed by atoms with Gasteiger partial charge in [-0.15, -0.1) is 0 Å². The van der Waals surface area contributed by atoms with E-state index in [1.807, 2.05) is 25.1 Å². The van der Waals surface area contributed by atoms with Gasteiger partial charge in [0.25, 0.3) is 0 Å². The molecule has 0 saturated heterocycles. The summed E-state index contributed by atoms with van der Waals surface area (Å²) in [4.78, 5) is 6.56. The first-order chi connectivity index (χ1) is 9.70. The molecule has 0 radical (unpaired) electrons. The number of aryl methyl sites for hydroxylation is 1. The quantitative estimate of drug-likeness (QED) is 0.803. The minimum atomic E-state index is 0.667. The van der Waals surface area contributed by atoms with Crippen LogP contribution in [-0.2, 0) is 13.0 Å². The third kappa shape index (κ3) is 1.97. The number of hydrogen-bond donors (Lipinski definition) is 1. The predicted octanol–water partition coefficient (Wildman–Crippen LogP) is 2.41. The summed E-state index contributed by atoms with van der Waals surface area (Å²) in [6.45, 7) is 3.54. The van der Waals surface area contributed by atoms with Crippen LogP contribution in [0.25, 0.3) is 0 Å². The zero-order chi connectivity index (χ0) is 14.1. The number of pyridine rings is 1. The molecular formula is C16H16N4. The maximum Gasteiger partial charge on any atom is 0.147 e. The van der Waals surface area contributed by atoms with Crippen LogP contribution in [0.3, 0.4) is 0 Å². The number of rotatable bonds is 1. The first kappa shape index (κ1) is 12.5. The van der Waals surface area contributed by atoms with Gasteiger partial charge < -0.3 is 10.6 Å². The Hall–Kier alpha value is -2.54. The zero-order valence-corrected chi connectivity index (χ0v) is 11.4. The summed E-state index contributed by atoms with van der Waals surface area (Å²) < 4.78 is 0. The molecule has 0 amide bonds. The lowest BCUT2D eigenvalue weighted by atomic mass is 9.97. The molecule has 2 heterocycles. The van der Waals surface area contributed by atoms with E-state index >= 15 is 0 Å². The number of nitrogen functional groups attached to an aromatic ring is 1. The van der Waals surface area contributed by atoms with Crippen molar-refractivity contribution in [3.05, 3.63) is 52.7 Å². The Morgan fingerprint density at radius 1 is 1.35 bits per heavy atom. The molecule has 0 fully saturated rings. The number of aromatic nitrogens is 1. The second-order valence-electron chi connectivity index (χ2n) is 5.09. The number of fused-ring (bicyclic) bond motifs is 1. The summed E-state index contributed by atoms with van der Waals surface area (Å²) in [6.07, 6.45) is 2.66. The van der Waals surface area contributed by atoms with Gasteiger partial charge in [-0.2, -0.15) is 5.26 Å². The molecule has 0 aliphatic carbocycles. The molecule has 0 spiro atoms. The average Bonchev–Trinajstić information content (AvgIpc) is 2.47. The van der Waals surface area contributed by atoms with Gasteiger partial charge in [0.2, 0.25) is 0 Å². The Kier molecular flexibility index (Phi) is 3.03. The lowest BCUT2D eigenvalue weighted by Crippen LogP contribution is -2.32. The fraction of sp³-hybridized carbons (Fsp3) is 0.250. The lowest BCUT2D eigenvalue weighted by Gasteiger charge is -2.31. The molecule has 4 nitrogen and oxygen atoms in total. The van der Waals surface area contributed by atoms with Crippen molar-refractivity contribution >= 4 is 11.5 Å². The van der Waals surface area contributed by atoms with Crippen LogP contribution in [0.1, 0.15) is 22.3 Å². The van der Waals surface area contributed by atoms with Crippen molar-refractivity contribution in [3.63, 3.8) is 0 Å². The predicted molar refractivity (Wildman–Crippen MR) is 79.3 cm³/mol. The number of hydrogen-bond acceptors (Lipinski definition) is 4. The van der Waals surface area contributed by atoms with Gasteiger partial charge in [-0.05, 0) is 42.2 Å². The highest BCUT2D eigenvalue weighted by Crippen LogP contribution is 2.29. The number of nitriles is 1. The van der Waals surface area contributed by atoms with Crippen LogP contribution in [0.2, 0.25) is 0 Å². The van der Waals surface area contributed by atoms with Crippen LogP contribution < -0.4 is 10.6 Å². The van der Waals surface area contributed by atoms with Gasteiger partial charge in [0.1, 0.15) is 11.9 Å². The molecule has 0 unspecified atom stereocenters. The highest BCUT2D eigenvalue weighted by Gasteiger charge is 2.21. The number of nitrogens with two attached hydrogens (primary N) is 1. The third-order valence-corrected chi connectivity index (χ3v) is 3.85. The number of nitrogens with zero attached hydrogens (tertiary/aromatic N) is 3. The molecule has 0 saturated carbocycles. The lowest BCUT2D eigenvalue weighted by molar-refractivity contribution is 0.721. The van der Waals surface area contributed by atoms with Gasteiger partial charge in [-0.25, -0.2) is 4.98 Å². The topological polar surface area (TPSA) is 65.9 Å². The standard InChI is InChI=1S/C16H16N4/c1-11-5-7-19-16(14(11)9-17)20-8-6-13-12(10-20)3-2-4-15(13)18/h2-5,7H,6,8,10,18H2,1H3. The van der Waals surface area contributed by atoms with Gasteiger partial charge in [0, 0.05) is 25.0 Å². The van der Waals surface area contributed by atoms with Crippen molar-refractivity contribution < 1.29 is 0 Å². The number of anilines is 2. The Labute approximate surface area is 118 Å². The molecule has 2 N–H and O–H groups in total. The molecule has 4 heteroatoms. The van der Waals surface area contributed by atoms with Crippen molar-refractivity contribution in [2.24, 2.45) is 0 Å². The molecule has 100 valence electrons. The molecule has 1 aliphatic heterocycles. The van der Waals surface area contributed by atoms with E-state index in [1.165, 1.54) is 11.1 Å². The summed E-state index contributed by atoms with van der Waals surface area (Å²) in [5.41, 5.74) is 11.0. The molecule has 1 aromatic heterocycles. The third-order valence-electron chi connectivity index (χ3n) is 3.85. The minimum absolute atomic E-state index is 0.667. The monoisotopic (exact) mass is 264 g/mol. The highest BCUT2D eigenvalue weighted by atomic mass is 15.2. The molecule has 2 aromatic rings. The smallest absolute Gasteiger partial charge is 0.147 e. The Morgan fingerprint density at radius 3 is 3.00 bits per heavy atom. The molecular weight excluding hydrogens is 248 g/mol. The normalized spacial score (nSPS) is 13.7.